The SMILES string of the molecule is CCN(CC)N1C(=O)[C@@](C)(CC(=O)O)C[C@H](c2cccc(Cl)c2)[C@H]1c1ccc(Cl)cc1. The fourth-order valence-electron chi connectivity index (χ4n) is 4.64. The highest BCUT2D eigenvalue weighted by molar-refractivity contribution is 6.30. The van der Waals surface area contributed by atoms with Crippen molar-refractivity contribution in [3.63, 3.8) is 0 Å². The van der Waals surface area contributed by atoms with Crippen LogP contribution in [0.3, 0.4) is 0 Å². The zero-order valence-corrected chi connectivity index (χ0v) is 19.5. The number of halogens is 2. The highest BCUT2D eigenvalue weighted by Crippen LogP contribution is 2.51. The molecule has 0 unspecified atom stereocenters. The maximum Gasteiger partial charge on any atom is 0.304 e. The number of carboxylic acid groups (broad SMARTS) is 1. The summed E-state index contributed by atoms with van der Waals surface area (Å²) in [4.78, 5) is 25.5. The van der Waals surface area contributed by atoms with E-state index in [9.17, 15) is 14.7 Å². The van der Waals surface area contributed by atoms with E-state index in [1.54, 1.807) is 11.9 Å². The lowest BCUT2D eigenvalue weighted by atomic mass is 9.68. The summed E-state index contributed by atoms with van der Waals surface area (Å²) >= 11 is 12.4. The number of nitrogens with zero attached hydrogens (tertiary/aromatic N) is 2. The van der Waals surface area contributed by atoms with Crippen LogP contribution in [0.25, 0.3) is 0 Å². The quantitative estimate of drug-likeness (QED) is 0.565. The van der Waals surface area contributed by atoms with E-state index in [1.165, 1.54) is 0 Å². The number of carbonyl (C=O) groups is 2. The number of amides is 1. The van der Waals surface area contributed by atoms with Crippen LogP contribution in [0.4, 0.5) is 0 Å². The Kier molecular flexibility index (Phi) is 7.30. The number of aliphatic carboxylic acids is 1. The molecule has 1 fully saturated rings. The molecule has 1 heterocycles. The summed E-state index contributed by atoms with van der Waals surface area (Å²) in [5.74, 6) is -1.29. The molecule has 1 aliphatic rings. The van der Waals surface area contributed by atoms with Gasteiger partial charge in [0.05, 0.1) is 17.9 Å². The molecule has 7 heteroatoms. The number of hydrogen-bond donors (Lipinski definition) is 1. The fraction of sp³-hybridized carbons (Fsp3) is 0.417. The van der Waals surface area contributed by atoms with Gasteiger partial charge in [-0.05, 0) is 41.8 Å². The topological polar surface area (TPSA) is 60.9 Å². The number of benzene rings is 2. The van der Waals surface area contributed by atoms with Gasteiger partial charge in [-0.15, -0.1) is 0 Å². The van der Waals surface area contributed by atoms with Crippen molar-refractivity contribution in [1.82, 2.24) is 10.0 Å². The smallest absolute Gasteiger partial charge is 0.304 e. The predicted molar refractivity (Wildman–Crippen MR) is 123 cm³/mol. The Morgan fingerprint density at radius 1 is 1.10 bits per heavy atom. The Hall–Kier alpha value is -2.08. The standard InChI is InChI=1S/C24H28Cl2N2O3/c1-4-27(5-2)28-22(16-9-11-18(25)12-10-16)20(17-7-6-8-19(26)13-17)14-24(3,23(28)31)15-21(29)30/h6-13,20,22H,4-5,14-15H2,1-3H3,(H,29,30)/t20-,22-,24-/m1/s1. The van der Waals surface area contributed by atoms with E-state index in [-0.39, 0.29) is 24.3 Å². The number of rotatable bonds is 7. The van der Waals surface area contributed by atoms with Crippen molar-refractivity contribution in [2.45, 2.75) is 45.6 Å². The van der Waals surface area contributed by atoms with Gasteiger partial charge in [-0.3, -0.25) is 14.6 Å². The third-order valence-corrected chi connectivity index (χ3v) is 6.59. The van der Waals surface area contributed by atoms with Crippen molar-refractivity contribution in [3.8, 4) is 0 Å². The summed E-state index contributed by atoms with van der Waals surface area (Å²) in [6, 6.07) is 14.8. The Bertz CT molecular complexity index is 946. The lowest BCUT2D eigenvalue weighted by molar-refractivity contribution is -0.180. The zero-order chi connectivity index (χ0) is 22.8. The van der Waals surface area contributed by atoms with Crippen molar-refractivity contribution >= 4 is 35.1 Å². The van der Waals surface area contributed by atoms with Gasteiger partial charge in [0.1, 0.15) is 0 Å². The van der Waals surface area contributed by atoms with Crippen LogP contribution in [0, 0.1) is 5.41 Å². The number of carbonyl (C=O) groups excluding carboxylic acids is 1. The highest BCUT2D eigenvalue weighted by Gasteiger charge is 2.52. The summed E-state index contributed by atoms with van der Waals surface area (Å²) in [6.45, 7) is 6.99. The van der Waals surface area contributed by atoms with E-state index in [0.29, 0.717) is 29.6 Å². The van der Waals surface area contributed by atoms with E-state index in [1.807, 2.05) is 67.4 Å². The Morgan fingerprint density at radius 3 is 2.29 bits per heavy atom. The van der Waals surface area contributed by atoms with Crippen LogP contribution in [0.15, 0.2) is 48.5 Å². The second-order valence-corrected chi connectivity index (χ2v) is 9.15. The molecule has 1 aliphatic heterocycles. The molecule has 1 N–H and O–H groups in total. The second kappa shape index (κ2) is 9.60. The monoisotopic (exact) mass is 462 g/mol. The Labute approximate surface area is 193 Å². The number of hydrogen-bond acceptors (Lipinski definition) is 3. The van der Waals surface area contributed by atoms with Crippen molar-refractivity contribution in [2.24, 2.45) is 5.41 Å². The molecular formula is C24H28Cl2N2O3. The van der Waals surface area contributed by atoms with E-state index in [0.717, 1.165) is 11.1 Å². The van der Waals surface area contributed by atoms with Crippen LogP contribution < -0.4 is 0 Å². The fourth-order valence-corrected chi connectivity index (χ4v) is 4.97. The van der Waals surface area contributed by atoms with Crippen LogP contribution in [0.1, 0.15) is 56.7 Å². The number of piperidine rings is 1. The molecule has 1 amide bonds. The van der Waals surface area contributed by atoms with E-state index < -0.39 is 11.4 Å². The third-order valence-electron chi connectivity index (χ3n) is 6.10. The van der Waals surface area contributed by atoms with Crippen molar-refractivity contribution < 1.29 is 14.7 Å². The lowest BCUT2D eigenvalue weighted by Crippen LogP contribution is -2.59. The first-order chi connectivity index (χ1) is 14.7. The van der Waals surface area contributed by atoms with Gasteiger partial charge >= 0.3 is 5.97 Å². The van der Waals surface area contributed by atoms with Gasteiger partial charge in [-0.2, -0.15) is 0 Å². The van der Waals surface area contributed by atoms with Crippen LogP contribution >= 0.6 is 23.2 Å². The minimum absolute atomic E-state index is 0.137. The largest absolute Gasteiger partial charge is 0.481 e. The molecule has 0 aliphatic carbocycles. The maximum atomic E-state index is 13.8. The van der Waals surface area contributed by atoms with Gasteiger partial charge in [0.15, 0.2) is 0 Å². The number of hydrazine groups is 1. The molecule has 31 heavy (non-hydrogen) atoms. The lowest BCUT2D eigenvalue weighted by Gasteiger charge is -2.52. The molecule has 1 saturated heterocycles. The van der Waals surface area contributed by atoms with Crippen LogP contribution in [-0.4, -0.2) is 40.1 Å². The molecule has 3 atom stereocenters. The predicted octanol–water partition coefficient (Wildman–Crippen LogP) is 5.79. The van der Waals surface area contributed by atoms with Gasteiger partial charge < -0.3 is 5.11 Å². The van der Waals surface area contributed by atoms with E-state index in [4.69, 9.17) is 23.2 Å². The molecule has 0 aromatic heterocycles. The zero-order valence-electron chi connectivity index (χ0n) is 18.0. The highest BCUT2D eigenvalue weighted by atomic mass is 35.5. The number of carboxylic acids is 1. The molecule has 0 bridgehead atoms. The van der Waals surface area contributed by atoms with Crippen LogP contribution in [0.5, 0.6) is 0 Å². The summed E-state index contributed by atoms with van der Waals surface area (Å²) in [5.41, 5.74) is 0.894. The average molecular weight is 463 g/mol. The minimum atomic E-state index is -1.04. The first-order valence-electron chi connectivity index (χ1n) is 10.5. The van der Waals surface area contributed by atoms with Crippen molar-refractivity contribution in [2.75, 3.05) is 13.1 Å². The molecule has 0 spiro atoms. The second-order valence-electron chi connectivity index (χ2n) is 8.28. The summed E-state index contributed by atoms with van der Waals surface area (Å²) < 4.78 is 0. The molecule has 166 valence electrons. The van der Waals surface area contributed by atoms with Crippen molar-refractivity contribution in [1.29, 1.82) is 0 Å². The molecule has 5 nitrogen and oxygen atoms in total. The first-order valence-corrected chi connectivity index (χ1v) is 11.3. The molecular weight excluding hydrogens is 435 g/mol. The molecule has 0 radical (unpaired) electrons. The van der Waals surface area contributed by atoms with Gasteiger partial charge in [-0.25, -0.2) is 5.01 Å². The Morgan fingerprint density at radius 2 is 1.74 bits per heavy atom. The molecule has 2 aromatic carbocycles. The third kappa shape index (κ3) is 4.89. The van der Waals surface area contributed by atoms with Gasteiger partial charge in [-0.1, -0.05) is 68.2 Å². The Balaban J connectivity index is 2.22. The van der Waals surface area contributed by atoms with Gasteiger partial charge in [0.25, 0.3) is 0 Å². The van der Waals surface area contributed by atoms with E-state index >= 15 is 0 Å². The normalized spacial score (nSPS) is 23.9. The van der Waals surface area contributed by atoms with Crippen LogP contribution in [-0.2, 0) is 9.59 Å². The van der Waals surface area contributed by atoms with Gasteiger partial charge in [0, 0.05) is 29.1 Å². The molecule has 0 saturated carbocycles. The average Bonchev–Trinajstić information content (AvgIpc) is 2.72. The van der Waals surface area contributed by atoms with Gasteiger partial charge in [0.2, 0.25) is 5.91 Å². The summed E-state index contributed by atoms with van der Waals surface area (Å²) in [7, 11) is 0. The minimum Gasteiger partial charge on any atom is -0.481 e. The first kappa shape index (κ1) is 23.6. The van der Waals surface area contributed by atoms with Crippen LogP contribution in [0.2, 0.25) is 10.0 Å². The van der Waals surface area contributed by atoms with E-state index in [2.05, 4.69) is 0 Å². The maximum absolute atomic E-state index is 13.8. The summed E-state index contributed by atoms with van der Waals surface area (Å²) in [6.07, 6.45) is 0.178. The van der Waals surface area contributed by atoms with Crippen molar-refractivity contribution in [3.05, 3.63) is 69.7 Å². The molecule has 3 rings (SSSR count). The molecule has 2 aromatic rings. The summed E-state index contributed by atoms with van der Waals surface area (Å²) in [5, 5.41) is 14.6.